The zero-order chi connectivity index (χ0) is 13.2. The molecule has 1 fully saturated rings. The van der Waals surface area contributed by atoms with Gasteiger partial charge in [0.15, 0.2) is 0 Å². The lowest BCUT2D eigenvalue weighted by molar-refractivity contribution is 0.460. The molecule has 1 saturated carbocycles. The van der Waals surface area contributed by atoms with Crippen LogP contribution < -0.4 is 11.1 Å². The predicted molar refractivity (Wildman–Crippen MR) is 73.9 cm³/mol. The van der Waals surface area contributed by atoms with Crippen molar-refractivity contribution in [2.45, 2.75) is 38.6 Å². The van der Waals surface area contributed by atoms with Gasteiger partial charge in [-0.2, -0.15) is 14.6 Å². The van der Waals surface area contributed by atoms with Crippen LogP contribution in [0.4, 0.5) is 5.82 Å². The van der Waals surface area contributed by atoms with Gasteiger partial charge in [-0.05, 0) is 25.7 Å². The van der Waals surface area contributed by atoms with Crippen LogP contribution in [0.25, 0.3) is 5.78 Å². The molecule has 0 radical (unpaired) electrons. The van der Waals surface area contributed by atoms with Crippen LogP contribution in [0.3, 0.4) is 0 Å². The molecule has 2 heterocycles. The Morgan fingerprint density at radius 1 is 1.47 bits per heavy atom. The van der Waals surface area contributed by atoms with E-state index in [1.807, 2.05) is 13.0 Å². The Balaban J connectivity index is 1.88. The molecule has 6 heteroatoms. The van der Waals surface area contributed by atoms with Crippen molar-refractivity contribution in [1.82, 2.24) is 19.6 Å². The van der Waals surface area contributed by atoms with E-state index >= 15 is 0 Å². The third kappa shape index (κ3) is 2.40. The summed E-state index contributed by atoms with van der Waals surface area (Å²) < 4.78 is 1.74. The third-order valence-corrected chi connectivity index (χ3v) is 3.94. The number of rotatable bonds is 4. The summed E-state index contributed by atoms with van der Waals surface area (Å²) in [6.45, 7) is 2.61. The topological polar surface area (TPSA) is 81.1 Å². The molecular formula is C13H20N6. The van der Waals surface area contributed by atoms with E-state index in [4.69, 9.17) is 5.73 Å². The average molecular weight is 260 g/mol. The van der Waals surface area contributed by atoms with E-state index in [0.717, 1.165) is 11.5 Å². The van der Waals surface area contributed by atoms with Crippen LogP contribution in [-0.2, 0) is 0 Å². The van der Waals surface area contributed by atoms with E-state index in [1.165, 1.54) is 32.0 Å². The first-order valence-corrected chi connectivity index (χ1v) is 6.92. The Morgan fingerprint density at radius 2 is 2.26 bits per heavy atom. The van der Waals surface area contributed by atoms with Gasteiger partial charge in [-0.3, -0.25) is 0 Å². The van der Waals surface area contributed by atoms with Crippen molar-refractivity contribution in [3.63, 3.8) is 0 Å². The van der Waals surface area contributed by atoms with E-state index < -0.39 is 0 Å². The van der Waals surface area contributed by atoms with Gasteiger partial charge in [0.1, 0.15) is 12.1 Å². The molecule has 1 aliphatic carbocycles. The van der Waals surface area contributed by atoms with E-state index in [0.29, 0.717) is 24.3 Å². The second-order valence-electron chi connectivity index (χ2n) is 5.29. The standard InChI is InChI=1S/C13H20N6/c1-9-6-12(19-13(17-9)15-8-16-19)18-11(7-14)10-4-2-3-5-10/h6,8,10-11,18H,2-5,7,14H2,1H3. The van der Waals surface area contributed by atoms with Gasteiger partial charge in [0.05, 0.1) is 0 Å². The van der Waals surface area contributed by atoms with Crippen molar-refractivity contribution in [2.75, 3.05) is 11.9 Å². The van der Waals surface area contributed by atoms with Crippen molar-refractivity contribution in [1.29, 1.82) is 0 Å². The molecule has 2 aromatic rings. The molecule has 3 N–H and O–H groups in total. The first-order chi connectivity index (χ1) is 9.28. The highest BCUT2D eigenvalue weighted by molar-refractivity contribution is 5.45. The smallest absolute Gasteiger partial charge is 0.254 e. The highest BCUT2D eigenvalue weighted by Crippen LogP contribution is 2.29. The Kier molecular flexibility index (Phi) is 3.33. The minimum atomic E-state index is 0.302. The molecule has 3 rings (SSSR count). The van der Waals surface area contributed by atoms with Crippen LogP contribution in [-0.4, -0.2) is 32.2 Å². The fourth-order valence-electron chi connectivity index (χ4n) is 2.95. The summed E-state index contributed by atoms with van der Waals surface area (Å²) in [6, 6.07) is 2.30. The van der Waals surface area contributed by atoms with Gasteiger partial charge in [0, 0.05) is 24.3 Å². The van der Waals surface area contributed by atoms with E-state index in [1.54, 1.807) is 4.52 Å². The van der Waals surface area contributed by atoms with Crippen LogP contribution in [0.1, 0.15) is 31.4 Å². The highest BCUT2D eigenvalue weighted by atomic mass is 15.4. The molecule has 1 aliphatic rings. The maximum absolute atomic E-state index is 5.93. The van der Waals surface area contributed by atoms with Crippen molar-refractivity contribution < 1.29 is 0 Å². The molecule has 0 aliphatic heterocycles. The summed E-state index contributed by atoms with van der Waals surface area (Å²) in [5.74, 6) is 2.23. The monoisotopic (exact) mass is 260 g/mol. The van der Waals surface area contributed by atoms with Gasteiger partial charge in [0.25, 0.3) is 5.78 Å². The Bertz CT molecular complexity index is 557. The van der Waals surface area contributed by atoms with E-state index in [-0.39, 0.29) is 0 Å². The molecule has 0 spiro atoms. The number of nitrogens with one attached hydrogen (secondary N) is 1. The van der Waals surface area contributed by atoms with Gasteiger partial charge >= 0.3 is 0 Å². The quantitative estimate of drug-likeness (QED) is 0.867. The van der Waals surface area contributed by atoms with Gasteiger partial charge in [-0.1, -0.05) is 12.8 Å². The lowest BCUT2D eigenvalue weighted by Crippen LogP contribution is -2.36. The summed E-state index contributed by atoms with van der Waals surface area (Å²) >= 11 is 0. The zero-order valence-corrected chi connectivity index (χ0v) is 11.2. The second-order valence-corrected chi connectivity index (χ2v) is 5.29. The third-order valence-electron chi connectivity index (χ3n) is 3.94. The van der Waals surface area contributed by atoms with Crippen LogP contribution in [0.5, 0.6) is 0 Å². The lowest BCUT2D eigenvalue weighted by Gasteiger charge is -2.24. The number of hydrogen-bond acceptors (Lipinski definition) is 5. The van der Waals surface area contributed by atoms with Gasteiger partial charge in [0.2, 0.25) is 0 Å². The summed E-state index contributed by atoms with van der Waals surface area (Å²) in [5.41, 5.74) is 6.87. The van der Waals surface area contributed by atoms with Crippen molar-refractivity contribution in [2.24, 2.45) is 11.7 Å². The van der Waals surface area contributed by atoms with Crippen molar-refractivity contribution in [3.8, 4) is 0 Å². The largest absolute Gasteiger partial charge is 0.366 e. The van der Waals surface area contributed by atoms with Crippen LogP contribution >= 0.6 is 0 Å². The average Bonchev–Trinajstić information content (AvgIpc) is 3.05. The number of hydrogen-bond donors (Lipinski definition) is 2. The molecule has 0 saturated heterocycles. The summed E-state index contributed by atoms with van der Waals surface area (Å²) in [4.78, 5) is 8.49. The summed E-state index contributed by atoms with van der Waals surface area (Å²) in [7, 11) is 0. The van der Waals surface area contributed by atoms with Crippen LogP contribution in [0.15, 0.2) is 12.4 Å². The number of nitrogens with zero attached hydrogens (tertiary/aromatic N) is 4. The van der Waals surface area contributed by atoms with Crippen LogP contribution in [0, 0.1) is 12.8 Å². The fraction of sp³-hybridized carbons (Fsp3) is 0.615. The maximum Gasteiger partial charge on any atom is 0.254 e. The Labute approximate surface area is 112 Å². The SMILES string of the molecule is Cc1cc(NC(CN)C2CCCC2)n2ncnc2n1. The zero-order valence-electron chi connectivity index (χ0n) is 11.2. The van der Waals surface area contributed by atoms with Gasteiger partial charge in [-0.15, -0.1) is 0 Å². The fourth-order valence-corrected chi connectivity index (χ4v) is 2.95. The second kappa shape index (κ2) is 5.13. The minimum Gasteiger partial charge on any atom is -0.366 e. The predicted octanol–water partition coefficient (Wildman–Crippen LogP) is 1.36. The Hall–Kier alpha value is -1.69. The number of nitrogens with two attached hydrogens (primary N) is 1. The first kappa shape index (κ1) is 12.3. The summed E-state index contributed by atoms with van der Waals surface area (Å²) in [5, 5.41) is 7.75. The summed E-state index contributed by atoms with van der Waals surface area (Å²) in [6.07, 6.45) is 6.69. The van der Waals surface area contributed by atoms with E-state index in [9.17, 15) is 0 Å². The molecule has 2 aromatic heterocycles. The Morgan fingerprint density at radius 3 is 3.00 bits per heavy atom. The van der Waals surface area contributed by atoms with Crippen molar-refractivity contribution in [3.05, 3.63) is 18.1 Å². The highest BCUT2D eigenvalue weighted by Gasteiger charge is 2.24. The van der Waals surface area contributed by atoms with Gasteiger partial charge < -0.3 is 11.1 Å². The molecule has 6 nitrogen and oxygen atoms in total. The number of anilines is 1. The molecular weight excluding hydrogens is 240 g/mol. The molecule has 0 aromatic carbocycles. The van der Waals surface area contributed by atoms with Crippen LogP contribution in [0.2, 0.25) is 0 Å². The minimum absolute atomic E-state index is 0.302. The molecule has 1 atom stereocenters. The van der Waals surface area contributed by atoms with E-state index in [2.05, 4.69) is 20.4 Å². The molecule has 102 valence electrons. The number of aryl methyl sites for hydroxylation is 1. The maximum atomic E-state index is 5.93. The van der Waals surface area contributed by atoms with Crippen molar-refractivity contribution >= 4 is 11.6 Å². The molecule has 1 unspecified atom stereocenters. The normalized spacial score (nSPS) is 18.0. The van der Waals surface area contributed by atoms with Gasteiger partial charge in [-0.25, -0.2) is 4.98 Å². The first-order valence-electron chi connectivity index (χ1n) is 6.92. The molecule has 19 heavy (non-hydrogen) atoms. The molecule has 0 bridgehead atoms. The molecule has 0 amide bonds. The number of fused-ring (bicyclic) bond motifs is 1. The lowest BCUT2D eigenvalue weighted by atomic mass is 9.98. The number of aromatic nitrogens is 4.